The molecule has 4 fully saturated rings. The monoisotopic (exact) mass is 450 g/mol. The highest BCUT2D eigenvalue weighted by molar-refractivity contribution is 6.09. The van der Waals surface area contributed by atoms with Crippen molar-refractivity contribution in [2.24, 2.45) is 47.3 Å². The summed E-state index contributed by atoms with van der Waals surface area (Å²) in [7, 11) is 0. The van der Waals surface area contributed by atoms with Crippen molar-refractivity contribution in [1.29, 1.82) is 0 Å². The number of fused-ring (bicyclic) bond motifs is 2. The summed E-state index contributed by atoms with van der Waals surface area (Å²) in [4.78, 5) is 55.9. The van der Waals surface area contributed by atoms with E-state index in [1.165, 1.54) is 9.80 Å². The zero-order valence-electron chi connectivity index (χ0n) is 19.9. The summed E-state index contributed by atoms with van der Waals surface area (Å²) in [6.07, 6.45) is 17.3. The molecule has 0 spiro atoms. The van der Waals surface area contributed by atoms with Gasteiger partial charge < -0.3 is 0 Å². The first kappa shape index (κ1) is 23.4. The van der Waals surface area contributed by atoms with Gasteiger partial charge in [-0.05, 0) is 64.2 Å². The van der Waals surface area contributed by atoms with E-state index in [1.807, 2.05) is 76.3 Å². The molecule has 6 heteroatoms. The fourth-order valence-corrected chi connectivity index (χ4v) is 6.77. The van der Waals surface area contributed by atoms with Crippen LogP contribution in [0.15, 0.2) is 48.6 Å². The third-order valence-electron chi connectivity index (χ3n) is 7.95. The van der Waals surface area contributed by atoms with E-state index in [-0.39, 0.29) is 54.0 Å². The Hall–Kier alpha value is -2.76. The number of nitrogens with zero attached hydrogens (tertiary/aromatic N) is 2. The van der Waals surface area contributed by atoms with Crippen molar-refractivity contribution in [3.63, 3.8) is 0 Å². The Morgan fingerprint density at radius 3 is 1.00 bits per heavy atom. The SMILES string of the molecule is CC=CC1CC(C=CC)C2C(=O)N(CN3C(=O)C4C(C=CC)CC(C=CC)C4C3=O)C(=O)C12. The van der Waals surface area contributed by atoms with Crippen LogP contribution in [0.3, 0.4) is 0 Å². The number of allylic oxidation sites excluding steroid dienone is 8. The lowest BCUT2D eigenvalue weighted by Crippen LogP contribution is -2.46. The van der Waals surface area contributed by atoms with Gasteiger partial charge in [0.15, 0.2) is 0 Å². The number of hydrogen-bond donors (Lipinski definition) is 0. The van der Waals surface area contributed by atoms with Gasteiger partial charge in [0.05, 0.1) is 23.7 Å². The second-order valence-electron chi connectivity index (χ2n) is 9.68. The average molecular weight is 451 g/mol. The van der Waals surface area contributed by atoms with Gasteiger partial charge in [-0.15, -0.1) is 0 Å². The van der Waals surface area contributed by atoms with E-state index in [0.29, 0.717) is 0 Å². The Balaban J connectivity index is 1.60. The van der Waals surface area contributed by atoms with Crippen molar-refractivity contribution >= 4 is 23.6 Å². The number of rotatable bonds is 6. The molecule has 0 bridgehead atoms. The van der Waals surface area contributed by atoms with Crippen LogP contribution in [-0.4, -0.2) is 40.1 Å². The van der Waals surface area contributed by atoms with Crippen molar-refractivity contribution in [2.45, 2.75) is 40.5 Å². The van der Waals surface area contributed by atoms with Gasteiger partial charge in [0.25, 0.3) is 0 Å². The van der Waals surface area contributed by atoms with Crippen LogP contribution in [0, 0.1) is 47.3 Å². The van der Waals surface area contributed by atoms with Gasteiger partial charge in [-0.25, -0.2) is 0 Å². The van der Waals surface area contributed by atoms with E-state index in [0.717, 1.165) is 12.8 Å². The number of imide groups is 2. The topological polar surface area (TPSA) is 74.8 Å². The predicted octanol–water partition coefficient (Wildman–Crippen LogP) is 3.72. The lowest BCUT2D eigenvalue weighted by atomic mass is 9.89. The zero-order valence-corrected chi connectivity index (χ0v) is 19.9. The molecule has 0 N–H and O–H groups in total. The van der Waals surface area contributed by atoms with Gasteiger partial charge in [0.1, 0.15) is 6.67 Å². The molecule has 2 heterocycles. The summed E-state index contributed by atoms with van der Waals surface area (Å²) in [5.74, 6) is -2.75. The maximum Gasteiger partial charge on any atom is 0.235 e. The quantitative estimate of drug-likeness (QED) is 0.457. The molecule has 0 aromatic heterocycles. The van der Waals surface area contributed by atoms with Crippen LogP contribution in [0.4, 0.5) is 0 Å². The molecule has 33 heavy (non-hydrogen) atoms. The minimum absolute atomic E-state index is 0.00912. The van der Waals surface area contributed by atoms with Crippen molar-refractivity contribution in [1.82, 2.24) is 9.80 Å². The van der Waals surface area contributed by atoms with E-state index in [4.69, 9.17) is 0 Å². The Kier molecular flexibility index (Phi) is 6.55. The standard InChI is InChI=1S/C27H34N2O4/c1-5-9-16-13-17(10-6-2)21-20(16)24(30)28(25(21)31)15-29-26(32)22-18(11-7-3)14-19(12-8-4)23(22)27(29)33/h5-12,16-23H,13-15H2,1-4H3. The molecule has 0 radical (unpaired) electrons. The second kappa shape index (κ2) is 9.24. The van der Waals surface area contributed by atoms with Gasteiger partial charge >= 0.3 is 0 Å². The van der Waals surface area contributed by atoms with Crippen molar-refractivity contribution < 1.29 is 19.2 Å². The first-order valence-corrected chi connectivity index (χ1v) is 12.1. The molecule has 2 saturated heterocycles. The summed E-state index contributed by atoms with van der Waals surface area (Å²) in [6.45, 7) is 7.41. The van der Waals surface area contributed by atoms with Crippen molar-refractivity contribution in [2.75, 3.05) is 6.67 Å². The molecule has 8 unspecified atom stereocenters. The third-order valence-corrected chi connectivity index (χ3v) is 7.95. The molecular weight excluding hydrogens is 416 g/mol. The molecule has 2 saturated carbocycles. The van der Waals surface area contributed by atoms with Gasteiger partial charge in [0, 0.05) is 0 Å². The summed E-state index contributed by atoms with van der Waals surface area (Å²) in [6, 6.07) is 0. The van der Waals surface area contributed by atoms with E-state index in [2.05, 4.69) is 0 Å². The maximum atomic E-state index is 13.4. The van der Waals surface area contributed by atoms with E-state index < -0.39 is 23.7 Å². The number of likely N-dealkylation sites (tertiary alicyclic amines) is 2. The minimum atomic E-state index is -0.422. The lowest BCUT2D eigenvalue weighted by molar-refractivity contribution is -0.149. The average Bonchev–Trinajstić information content (AvgIpc) is 3.45. The molecular formula is C27H34N2O4. The van der Waals surface area contributed by atoms with Crippen LogP contribution in [0.25, 0.3) is 0 Å². The molecule has 176 valence electrons. The summed E-state index contributed by atoms with van der Waals surface area (Å²) >= 11 is 0. The largest absolute Gasteiger partial charge is 0.274 e. The van der Waals surface area contributed by atoms with Gasteiger partial charge in [-0.3, -0.25) is 29.0 Å². The molecule has 8 atom stereocenters. The van der Waals surface area contributed by atoms with Gasteiger partial charge in [-0.2, -0.15) is 0 Å². The van der Waals surface area contributed by atoms with Crippen LogP contribution < -0.4 is 0 Å². The molecule has 2 aliphatic heterocycles. The predicted molar refractivity (Wildman–Crippen MR) is 125 cm³/mol. The van der Waals surface area contributed by atoms with Crippen molar-refractivity contribution in [3.8, 4) is 0 Å². The smallest absolute Gasteiger partial charge is 0.235 e. The van der Waals surface area contributed by atoms with Crippen LogP contribution >= 0.6 is 0 Å². The van der Waals surface area contributed by atoms with E-state index in [9.17, 15) is 19.2 Å². The molecule has 2 aliphatic carbocycles. The minimum Gasteiger partial charge on any atom is -0.274 e. The normalized spacial score (nSPS) is 39.0. The number of amides is 4. The van der Waals surface area contributed by atoms with E-state index in [1.54, 1.807) is 0 Å². The first-order chi connectivity index (χ1) is 15.9. The molecule has 4 rings (SSSR count). The number of hydrogen-bond acceptors (Lipinski definition) is 4. The highest BCUT2D eigenvalue weighted by Gasteiger charge is 2.61. The van der Waals surface area contributed by atoms with E-state index >= 15 is 0 Å². The Morgan fingerprint density at radius 1 is 0.545 bits per heavy atom. The highest BCUT2D eigenvalue weighted by atomic mass is 16.2. The molecule has 0 aromatic rings. The van der Waals surface area contributed by atoms with Gasteiger partial charge in [-0.1, -0.05) is 48.6 Å². The number of carbonyl (C=O) groups is 4. The van der Waals surface area contributed by atoms with Crippen LogP contribution in [0.2, 0.25) is 0 Å². The lowest BCUT2D eigenvalue weighted by Gasteiger charge is -2.25. The van der Waals surface area contributed by atoms with Gasteiger partial charge in [0.2, 0.25) is 23.6 Å². The highest BCUT2D eigenvalue weighted by Crippen LogP contribution is 2.51. The number of carbonyl (C=O) groups excluding carboxylic acids is 4. The Bertz CT molecular complexity index is 813. The summed E-state index contributed by atoms with van der Waals surface area (Å²) < 4.78 is 0. The first-order valence-electron chi connectivity index (χ1n) is 12.1. The van der Waals surface area contributed by atoms with Crippen LogP contribution in [0.5, 0.6) is 0 Å². The second-order valence-corrected chi connectivity index (χ2v) is 9.68. The fraction of sp³-hybridized carbons (Fsp3) is 0.556. The molecule has 4 aliphatic rings. The Labute approximate surface area is 196 Å². The third kappa shape index (κ3) is 3.64. The molecule has 0 aromatic carbocycles. The Morgan fingerprint density at radius 2 is 0.788 bits per heavy atom. The van der Waals surface area contributed by atoms with Crippen LogP contribution in [0.1, 0.15) is 40.5 Å². The summed E-state index contributed by atoms with van der Waals surface area (Å²) in [5.41, 5.74) is 0. The van der Waals surface area contributed by atoms with Crippen molar-refractivity contribution in [3.05, 3.63) is 48.6 Å². The summed E-state index contributed by atoms with van der Waals surface area (Å²) in [5, 5.41) is 0. The molecule has 4 amide bonds. The maximum absolute atomic E-state index is 13.4. The van der Waals surface area contributed by atoms with Crippen LogP contribution in [-0.2, 0) is 19.2 Å². The molecule has 6 nitrogen and oxygen atoms in total. The fourth-order valence-electron chi connectivity index (χ4n) is 6.77. The zero-order chi connectivity index (χ0) is 23.9.